The molecule has 1 unspecified atom stereocenters. The van der Waals surface area contributed by atoms with E-state index in [1.54, 1.807) is 11.8 Å². The molecule has 1 aliphatic rings. The van der Waals surface area contributed by atoms with Crippen molar-refractivity contribution in [1.82, 2.24) is 4.90 Å². The molecule has 0 saturated carbocycles. The van der Waals surface area contributed by atoms with Crippen molar-refractivity contribution in [1.29, 1.82) is 0 Å². The summed E-state index contributed by atoms with van der Waals surface area (Å²) in [6, 6.07) is 14.8. The third-order valence-corrected chi connectivity index (χ3v) is 4.62. The number of morpholine rings is 1. The van der Waals surface area contributed by atoms with E-state index in [2.05, 4.69) is 42.5 Å². The normalized spacial score (nSPS) is 18.6. The van der Waals surface area contributed by atoms with Crippen molar-refractivity contribution in [3.05, 3.63) is 48.0 Å². The molecule has 0 radical (unpaired) electrons. The van der Waals surface area contributed by atoms with Crippen LogP contribution in [0.15, 0.2) is 42.5 Å². The van der Waals surface area contributed by atoms with Crippen LogP contribution >= 0.6 is 11.8 Å². The topological polar surface area (TPSA) is 29.5 Å². The fourth-order valence-corrected chi connectivity index (χ4v) is 3.43. The van der Waals surface area contributed by atoms with E-state index in [-0.39, 0.29) is 12.0 Å². The maximum Gasteiger partial charge on any atom is 0.232 e. The zero-order valence-corrected chi connectivity index (χ0v) is 13.6. The minimum atomic E-state index is 0.0883. The summed E-state index contributed by atoms with van der Waals surface area (Å²) in [5.41, 5.74) is 1.29. The lowest BCUT2D eigenvalue weighted by atomic mass is 9.99. The number of benzene rings is 2. The lowest BCUT2D eigenvalue weighted by molar-refractivity contribution is -0.135. The van der Waals surface area contributed by atoms with Gasteiger partial charge in [-0.15, -0.1) is 0 Å². The van der Waals surface area contributed by atoms with Crippen LogP contribution in [0.25, 0.3) is 10.8 Å². The van der Waals surface area contributed by atoms with Crippen LogP contribution in [0.5, 0.6) is 0 Å². The van der Waals surface area contributed by atoms with Crippen molar-refractivity contribution in [3.63, 3.8) is 0 Å². The van der Waals surface area contributed by atoms with Crippen molar-refractivity contribution in [2.24, 2.45) is 0 Å². The smallest absolute Gasteiger partial charge is 0.232 e. The van der Waals surface area contributed by atoms with Gasteiger partial charge >= 0.3 is 0 Å². The van der Waals surface area contributed by atoms with Gasteiger partial charge in [-0.2, -0.15) is 11.8 Å². The maximum atomic E-state index is 12.1. The molecule has 2 aromatic rings. The van der Waals surface area contributed by atoms with Gasteiger partial charge in [0.2, 0.25) is 5.91 Å². The number of rotatable bonds is 4. The summed E-state index contributed by atoms with van der Waals surface area (Å²) >= 11 is 1.58. The fraction of sp³-hybridized carbons (Fsp3) is 0.389. The predicted octanol–water partition coefficient (Wildman–Crippen LogP) is 2.97. The molecule has 0 N–H and O–H groups in total. The number of hydrogen-bond donors (Lipinski definition) is 0. The number of nitrogens with zero attached hydrogens (tertiary/aromatic N) is 1. The zero-order chi connectivity index (χ0) is 15.4. The van der Waals surface area contributed by atoms with Crippen LogP contribution in [0, 0.1) is 0 Å². The van der Waals surface area contributed by atoms with Crippen molar-refractivity contribution in [2.75, 3.05) is 31.7 Å². The molecule has 1 atom stereocenters. The van der Waals surface area contributed by atoms with E-state index in [1.165, 1.54) is 16.3 Å². The highest BCUT2D eigenvalue weighted by atomic mass is 32.2. The Bertz CT molecular complexity index is 653. The Hall–Kier alpha value is -1.52. The van der Waals surface area contributed by atoms with Crippen LogP contribution in [0.3, 0.4) is 0 Å². The number of hydrogen-bond acceptors (Lipinski definition) is 3. The van der Waals surface area contributed by atoms with E-state index < -0.39 is 0 Å². The third kappa shape index (κ3) is 3.45. The van der Waals surface area contributed by atoms with E-state index in [0.29, 0.717) is 25.4 Å². The molecular weight excluding hydrogens is 294 g/mol. The van der Waals surface area contributed by atoms with Gasteiger partial charge in [-0.05, 0) is 22.6 Å². The van der Waals surface area contributed by atoms with Gasteiger partial charge < -0.3 is 9.64 Å². The van der Waals surface area contributed by atoms with Gasteiger partial charge in [-0.1, -0.05) is 42.5 Å². The maximum absolute atomic E-state index is 12.1. The summed E-state index contributed by atoms with van der Waals surface area (Å²) in [6.07, 6.45) is 2.90. The molecule has 1 fully saturated rings. The first kappa shape index (κ1) is 15.4. The fourth-order valence-electron chi connectivity index (χ4n) is 3.00. The molecule has 1 amide bonds. The summed E-state index contributed by atoms with van der Waals surface area (Å²) in [6.45, 7) is 2.05. The van der Waals surface area contributed by atoms with Gasteiger partial charge in [-0.3, -0.25) is 4.79 Å². The molecule has 1 heterocycles. The summed E-state index contributed by atoms with van der Waals surface area (Å²) in [4.78, 5) is 14.0. The highest BCUT2D eigenvalue weighted by Crippen LogP contribution is 2.21. The molecule has 2 aromatic carbocycles. The van der Waals surface area contributed by atoms with Gasteiger partial charge in [0.05, 0.1) is 18.5 Å². The third-order valence-electron chi connectivity index (χ3n) is 4.09. The van der Waals surface area contributed by atoms with E-state index in [9.17, 15) is 4.79 Å². The zero-order valence-electron chi connectivity index (χ0n) is 12.8. The van der Waals surface area contributed by atoms with E-state index in [4.69, 9.17) is 4.74 Å². The lowest BCUT2D eigenvalue weighted by Gasteiger charge is -2.33. The SMILES string of the molecule is CSCC(=O)N1CCOC(Cc2cccc3ccccc23)C1. The van der Waals surface area contributed by atoms with Gasteiger partial charge in [0.15, 0.2) is 0 Å². The molecule has 116 valence electrons. The molecule has 0 bridgehead atoms. The molecule has 0 spiro atoms. The van der Waals surface area contributed by atoms with Crippen molar-refractivity contribution in [3.8, 4) is 0 Å². The van der Waals surface area contributed by atoms with Gasteiger partial charge in [0.1, 0.15) is 0 Å². The number of carbonyl (C=O) groups is 1. The molecular formula is C18H21NO2S. The summed E-state index contributed by atoms with van der Waals surface area (Å²) in [5.74, 6) is 0.778. The van der Waals surface area contributed by atoms with Crippen molar-refractivity contribution >= 4 is 28.4 Å². The molecule has 0 aliphatic carbocycles. The first-order valence-electron chi connectivity index (χ1n) is 7.63. The van der Waals surface area contributed by atoms with E-state index in [0.717, 1.165) is 6.42 Å². The standard InChI is InChI=1S/C18H21NO2S/c1-22-13-18(20)19-9-10-21-16(12-19)11-15-7-4-6-14-5-2-3-8-17(14)15/h2-8,16H,9-13H2,1H3. The Morgan fingerprint density at radius 1 is 1.27 bits per heavy atom. The number of fused-ring (bicyclic) bond motifs is 1. The average Bonchev–Trinajstić information content (AvgIpc) is 2.56. The minimum Gasteiger partial charge on any atom is -0.374 e. The first-order chi connectivity index (χ1) is 10.8. The van der Waals surface area contributed by atoms with Gasteiger partial charge in [-0.25, -0.2) is 0 Å². The second-order valence-corrected chi connectivity index (χ2v) is 6.47. The number of carbonyl (C=O) groups excluding carboxylic acids is 1. The Morgan fingerprint density at radius 3 is 2.95 bits per heavy atom. The number of amides is 1. The molecule has 3 rings (SSSR count). The van der Waals surface area contributed by atoms with E-state index in [1.807, 2.05) is 11.2 Å². The van der Waals surface area contributed by atoms with Crippen LogP contribution in [-0.2, 0) is 16.0 Å². The Balaban J connectivity index is 1.73. The highest BCUT2D eigenvalue weighted by molar-refractivity contribution is 7.99. The van der Waals surface area contributed by atoms with Crippen LogP contribution in [0.1, 0.15) is 5.56 Å². The number of thioether (sulfide) groups is 1. The second-order valence-electron chi connectivity index (χ2n) is 5.61. The van der Waals surface area contributed by atoms with Crippen LogP contribution < -0.4 is 0 Å². The van der Waals surface area contributed by atoms with E-state index >= 15 is 0 Å². The summed E-state index contributed by atoms with van der Waals surface area (Å²) in [7, 11) is 0. The summed E-state index contributed by atoms with van der Waals surface area (Å²) < 4.78 is 5.89. The molecule has 22 heavy (non-hydrogen) atoms. The molecule has 3 nitrogen and oxygen atoms in total. The molecule has 1 saturated heterocycles. The van der Waals surface area contributed by atoms with Crippen molar-refractivity contribution in [2.45, 2.75) is 12.5 Å². The van der Waals surface area contributed by atoms with Crippen LogP contribution in [-0.4, -0.2) is 48.6 Å². The Morgan fingerprint density at radius 2 is 2.09 bits per heavy atom. The molecule has 0 aromatic heterocycles. The predicted molar refractivity (Wildman–Crippen MR) is 92.4 cm³/mol. The van der Waals surface area contributed by atoms with Gasteiger partial charge in [0.25, 0.3) is 0 Å². The number of ether oxygens (including phenoxy) is 1. The average molecular weight is 315 g/mol. The highest BCUT2D eigenvalue weighted by Gasteiger charge is 2.24. The largest absolute Gasteiger partial charge is 0.374 e. The monoisotopic (exact) mass is 315 g/mol. The first-order valence-corrected chi connectivity index (χ1v) is 9.02. The molecule has 1 aliphatic heterocycles. The quantitative estimate of drug-likeness (QED) is 0.869. The summed E-state index contributed by atoms with van der Waals surface area (Å²) in [5, 5.41) is 2.53. The van der Waals surface area contributed by atoms with Crippen LogP contribution in [0.2, 0.25) is 0 Å². The lowest BCUT2D eigenvalue weighted by Crippen LogP contribution is -2.47. The molecule has 4 heteroatoms. The van der Waals surface area contributed by atoms with Gasteiger partial charge in [0, 0.05) is 19.5 Å². The van der Waals surface area contributed by atoms with Crippen LogP contribution in [0.4, 0.5) is 0 Å². The Kier molecular flexibility index (Phi) is 5.01. The minimum absolute atomic E-state index is 0.0883. The Labute approximate surface area is 135 Å². The van der Waals surface area contributed by atoms with Crippen molar-refractivity contribution < 1.29 is 9.53 Å². The second kappa shape index (κ2) is 7.16.